The monoisotopic (exact) mass is 240 g/mol. The predicted molar refractivity (Wildman–Crippen MR) is 66.7 cm³/mol. The van der Waals surface area contributed by atoms with E-state index in [0.717, 1.165) is 11.3 Å². The molecule has 3 aromatic heterocycles. The highest BCUT2D eigenvalue weighted by atomic mass is 16.3. The molecule has 3 rings (SSSR count). The minimum Gasteiger partial charge on any atom is -0.461 e. The van der Waals surface area contributed by atoms with Gasteiger partial charge in [-0.25, -0.2) is 4.98 Å². The first-order chi connectivity index (χ1) is 8.81. The molecule has 0 saturated carbocycles. The molecule has 3 heterocycles. The fraction of sp³-hybridized carbons (Fsp3) is 0.143. The Kier molecular flexibility index (Phi) is 2.48. The van der Waals surface area contributed by atoms with Crippen LogP contribution in [0.2, 0.25) is 0 Å². The number of aryl methyl sites for hydroxylation is 1. The van der Waals surface area contributed by atoms with E-state index in [9.17, 15) is 4.79 Å². The summed E-state index contributed by atoms with van der Waals surface area (Å²) in [5.74, 6) is 0.214. The molecule has 3 aromatic rings. The molecule has 0 radical (unpaired) electrons. The first-order valence-electron chi connectivity index (χ1n) is 5.85. The predicted octanol–water partition coefficient (Wildman–Crippen LogP) is 2.72. The highest BCUT2D eigenvalue weighted by molar-refractivity contribution is 6.07. The first-order valence-corrected chi connectivity index (χ1v) is 5.85. The Morgan fingerprint density at radius 1 is 1.33 bits per heavy atom. The molecule has 0 spiro atoms. The second kappa shape index (κ2) is 4.14. The van der Waals surface area contributed by atoms with E-state index in [1.807, 2.05) is 35.7 Å². The van der Waals surface area contributed by atoms with Gasteiger partial charge in [-0.2, -0.15) is 0 Å². The zero-order valence-electron chi connectivity index (χ0n) is 9.96. The third kappa shape index (κ3) is 1.54. The number of ketones is 1. The van der Waals surface area contributed by atoms with Crippen molar-refractivity contribution < 1.29 is 9.21 Å². The number of nitrogens with zero attached hydrogens (tertiary/aromatic N) is 2. The number of pyridine rings is 1. The van der Waals surface area contributed by atoms with Crippen LogP contribution in [0.25, 0.3) is 5.65 Å². The Labute approximate surface area is 104 Å². The molecule has 0 aliphatic heterocycles. The van der Waals surface area contributed by atoms with Crippen LogP contribution in [0.5, 0.6) is 0 Å². The molecule has 0 aromatic carbocycles. The van der Waals surface area contributed by atoms with Crippen LogP contribution >= 0.6 is 0 Å². The summed E-state index contributed by atoms with van der Waals surface area (Å²) < 4.78 is 6.99. The van der Waals surface area contributed by atoms with Gasteiger partial charge in [-0.05, 0) is 30.7 Å². The van der Waals surface area contributed by atoms with E-state index < -0.39 is 0 Å². The molecule has 0 amide bonds. The van der Waals surface area contributed by atoms with E-state index in [4.69, 9.17) is 4.42 Å². The number of aromatic nitrogens is 2. The van der Waals surface area contributed by atoms with Crippen LogP contribution < -0.4 is 0 Å². The maximum absolute atomic E-state index is 12.4. The lowest BCUT2D eigenvalue weighted by atomic mass is 10.1. The van der Waals surface area contributed by atoms with Crippen LogP contribution in [0, 0.1) is 0 Å². The number of carbonyl (C=O) groups is 1. The van der Waals surface area contributed by atoms with Crippen molar-refractivity contribution in [2.24, 2.45) is 0 Å². The van der Waals surface area contributed by atoms with Crippen molar-refractivity contribution in [2.75, 3.05) is 0 Å². The Morgan fingerprint density at radius 3 is 2.94 bits per heavy atom. The highest BCUT2D eigenvalue weighted by Crippen LogP contribution is 2.17. The number of furan rings is 1. The fourth-order valence-corrected chi connectivity index (χ4v) is 2.06. The molecule has 0 N–H and O–H groups in total. The Hall–Kier alpha value is -2.36. The van der Waals surface area contributed by atoms with E-state index in [-0.39, 0.29) is 5.78 Å². The van der Waals surface area contributed by atoms with E-state index >= 15 is 0 Å². The number of carbonyl (C=O) groups excluding carboxylic acids is 1. The second-order valence-corrected chi connectivity index (χ2v) is 4.00. The van der Waals surface area contributed by atoms with Gasteiger partial charge in [0.25, 0.3) is 0 Å². The lowest BCUT2D eigenvalue weighted by Crippen LogP contribution is -2.06. The molecule has 90 valence electrons. The van der Waals surface area contributed by atoms with Gasteiger partial charge in [0, 0.05) is 6.20 Å². The number of hydrogen-bond donors (Lipinski definition) is 0. The van der Waals surface area contributed by atoms with Crippen molar-refractivity contribution in [3.63, 3.8) is 0 Å². The molecule has 4 heteroatoms. The Balaban J connectivity index is 2.24. The molecule has 4 nitrogen and oxygen atoms in total. The van der Waals surface area contributed by atoms with Gasteiger partial charge in [0.05, 0.1) is 12.0 Å². The zero-order chi connectivity index (χ0) is 12.5. The third-order valence-corrected chi connectivity index (χ3v) is 2.90. The fourth-order valence-electron chi connectivity index (χ4n) is 2.06. The second-order valence-electron chi connectivity index (χ2n) is 4.00. The molecule has 0 aliphatic rings. The molecule has 0 atom stereocenters. The number of rotatable bonds is 3. The van der Waals surface area contributed by atoms with Crippen molar-refractivity contribution in [2.45, 2.75) is 13.3 Å². The van der Waals surface area contributed by atoms with E-state index in [1.54, 1.807) is 12.1 Å². The molecular formula is C14H12N2O2. The van der Waals surface area contributed by atoms with Gasteiger partial charge in [0.2, 0.25) is 5.78 Å². The number of hydrogen-bond acceptors (Lipinski definition) is 3. The van der Waals surface area contributed by atoms with Gasteiger partial charge in [-0.1, -0.05) is 13.0 Å². The minimum absolute atomic E-state index is 0.129. The van der Waals surface area contributed by atoms with Gasteiger partial charge in [-0.3, -0.25) is 9.20 Å². The maximum Gasteiger partial charge on any atom is 0.246 e. The summed E-state index contributed by atoms with van der Waals surface area (Å²) in [5.41, 5.74) is 2.16. The lowest BCUT2D eigenvalue weighted by molar-refractivity contribution is 0.100. The summed E-state index contributed by atoms with van der Waals surface area (Å²) in [6.07, 6.45) is 4.06. The summed E-state index contributed by atoms with van der Waals surface area (Å²) in [5, 5.41) is 0. The summed E-state index contributed by atoms with van der Waals surface area (Å²) in [4.78, 5) is 16.9. The summed E-state index contributed by atoms with van der Waals surface area (Å²) in [6.45, 7) is 1.99. The minimum atomic E-state index is -0.129. The van der Waals surface area contributed by atoms with E-state index in [0.29, 0.717) is 17.9 Å². The largest absolute Gasteiger partial charge is 0.461 e. The van der Waals surface area contributed by atoms with Gasteiger partial charge >= 0.3 is 0 Å². The molecular weight excluding hydrogens is 228 g/mol. The lowest BCUT2D eigenvalue weighted by Gasteiger charge is -2.00. The number of fused-ring (bicyclic) bond motifs is 1. The number of imidazole rings is 1. The van der Waals surface area contributed by atoms with Crippen LogP contribution in [-0.2, 0) is 6.42 Å². The van der Waals surface area contributed by atoms with Crippen LogP contribution in [0.1, 0.15) is 28.9 Å². The van der Waals surface area contributed by atoms with Gasteiger partial charge in [0.1, 0.15) is 11.3 Å². The van der Waals surface area contributed by atoms with Crippen molar-refractivity contribution in [1.29, 1.82) is 0 Å². The van der Waals surface area contributed by atoms with E-state index in [1.165, 1.54) is 6.26 Å². The normalized spacial score (nSPS) is 10.9. The molecule has 0 fully saturated rings. The average Bonchev–Trinajstić information content (AvgIpc) is 3.04. The topological polar surface area (TPSA) is 47.5 Å². The van der Waals surface area contributed by atoms with Gasteiger partial charge < -0.3 is 4.42 Å². The van der Waals surface area contributed by atoms with Crippen LogP contribution in [0.4, 0.5) is 0 Å². The zero-order valence-corrected chi connectivity index (χ0v) is 9.96. The van der Waals surface area contributed by atoms with Crippen molar-refractivity contribution in [1.82, 2.24) is 9.38 Å². The maximum atomic E-state index is 12.4. The Bertz CT molecular complexity index is 696. The van der Waals surface area contributed by atoms with Crippen molar-refractivity contribution >= 4 is 11.4 Å². The summed E-state index contributed by atoms with van der Waals surface area (Å²) in [7, 11) is 0. The van der Waals surface area contributed by atoms with E-state index in [2.05, 4.69) is 4.98 Å². The average molecular weight is 240 g/mol. The van der Waals surface area contributed by atoms with Crippen molar-refractivity contribution in [3.8, 4) is 0 Å². The van der Waals surface area contributed by atoms with Crippen LogP contribution in [0.3, 0.4) is 0 Å². The van der Waals surface area contributed by atoms with Gasteiger partial charge in [-0.15, -0.1) is 0 Å². The highest BCUT2D eigenvalue weighted by Gasteiger charge is 2.21. The molecule has 0 unspecified atom stereocenters. The smallest absolute Gasteiger partial charge is 0.246 e. The standard InChI is InChI=1S/C14H12N2O2/c1-2-10-13(14(17)11-6-5-9-18-11)16-8-4-3-7-12(16)15-10/h3-9H,2H2,1H3. The molecule has 18 heavy (non-hydrogen) atoms. The van der Waals surface area contributed by atoms with Gasteiger partial charge in [0.15, 0.2) is 5.76 Å². The van der Waals surface area contributed by atoms with Crippen LogP contribution in [-0.4, -0.2) is 15.2 Å². The quantitative estimate of drug-likeness (QED) is 0.661. The Morgan fingerprint density at radius 2 is 2.22 bits per heavy atom. The molecule has 0 aliphatic carbocycles. The SMILES string of the molecule is CCc1nc2ccccn2c1C(=O)c1ccco1. The van der Waals surface area contributed by atoms with Crippen molar-refractivity contribution in [3.05, 3.63) is 59.9 Å². The summed E-state index contributed by atoms with van der Waals surface area (Å²) >= 11 is 0. The summed E-state index contributed by atoms with van der Waals surface area (Å²) in [6, 6.07) is 9.06. The molecule has 0 bridgehead atoms. The molecule has 0 saturated heterocycles. The first kappa shape index (κ1) is 10.8. The van der Waals surface area contributed by atoms with Crippen LogP contribution in [0.15, 0.2) is 47.2 Å². The third-order valence-electron chi connectivity index (χ3n) is 2.90.